The van der Waals surface area contributed by atoms with Gasteiger partial charge in [0.05, 0.1) is 19.7 Å². The van der Waals surface area contributed by atoms with Crippen LogP contribution in [-0.2, 0) is 0 Å². The Morgan fingerprint density at radius 2 is 1.96 bits per heavy atom. The maximum absolute atomic E-state index is 5.23. The summed E-state index contributed by atoms with van der Waals surface area (Å²) in [6, 6.07) is 9.09. The van der Waals surface area contributed by atoms with Crippen molar-refractivity contribution in [2.24, 2.45) is 4.99 Å². The minimum absolute atomic E-state index is 0. The molecule has 2 N–H and O–H groups in total. The van der Waals surface area contributed by atoms with Gasteiger partial charge in [-0.15, -0.1) is 24.0 Å². The predicted molar refractivity (Wildman–Crippen MR) is 107 cm³/mol. The van der Waals surface area contributed by atoms with Gasteiger partial charge in [0.15, 0.2) is 5.96 Å². The molecule has 0 heterocycles. The Morgan fingerprint density at radius 1 is 1.30 bits per heavy atom. The molecule has 1 fully saturated rings. The Kier molecular flexibility index (Phi) is 8.68. The Bertz CT molecular complexity index is 486. The number of hydrogen-bond donors (Lipinski definition) is 2. The lowest BCUT2D eigenvalue weighted by molar-refractivity contribution is 0.306. The Labute approximate surface area is 156 Å². The summed E-state index contributed by atoms with van der Waals surface area (Å²) in [5.41, 5.74) is 1.25. The van der Waals surface area contributed by atoms with Gasteiger partial charge in [-0.1, -0.05) is 12.1 Å². The predicted octanol–water partition coefficient (Wildman–Crippen LogP) is 2.63. The fraction of sp³-hybridized carbons (Fsp3) is 0.588. The topological polar surface area (TPSA) is 48.9 Å². The highest BCUT2D eigenvalue weighted by molar-refractivity contribution is 14.0. The average Bonchev–Trinajstić information content (AvgIpc) is 3.32. The van der Waals surface area contributed by atoms with Crippen molar-refractivity contribution in [2.45, 2.75) is 31.8 Å². The van der Waals surface area contributed by atoms with E-state index in [4.69, 9.17) is 9.73 Å². The van der Waals surface area contributed by atoms with Crippen molar-refractivity contribution in [1.29, 1.82) is 0 Å². The largest absolute Gasteiger partial charge is 0.497 e. The number of ether oxygens (including phenoxy) is 1. The van der Waals surface area contributed by atoms with Crippen LogP contribution in [0.2, 0.25) is 0 Å². The number of rotatable bonds is 7. The van der Waals surface area contributed by atoms with Crippen molar-refractivity contribution < 1.29 is 4.74 Å². The summed E-state index contributed by atoms with van der Waals surface area (Å²) >= 11 is 0. The van der Waals surface area contributed by atoms with Gasteiger partial charge in [0.25, 0.3) is 0 Å². The molecule has 23 heavy (non-hydrogen) atoms. The molecule has 130 valence electrons. The quantitative estimate of drug-likeness (QED) is 0.395. The van der Waals surface area contributed by atoms with E-state index in [1.54, 1.807) is 7.11 Å². The SMILES string of the molecule is CCNC(=NCC(c1ccc(OC)cc1)N(C)C)NC1CC1.I. The third-order valence-electron chi connectivity index (χ3n) is 3.81. The molecular weight excluding hydrogens is 403 g/mol. The number of aliphatic imine (C=N–C) groups is 1. The maximum atomic E-state index is 5.23. The second-order valence-electron chi connectivity index (χ2n) is 5.89. The number of methoxy groups -OCH3 is 1. The standard InChI is InChI=1S/C17H28N4O.HI/c1-5-18-17(20-14-8-9-14)19-12-16(21(2)3)13-6-10-15(22-4)11-7-13;/h6-7,10-11,14,16H,5,8-9,12H2,1-4H3,(H2,18,19,20);1H. The van der Waals surface area contributed by atoms with Gasteiger partial charge in [-0.05, 0) is 51.6 Å². The molecule has 2 rings (SSSR count). The van der Waals surface area contributed by atoms with E-state index >= 15 is 0 Å². The molecule has 1 unspecified atom stereocenters. The molecule has 0 spiro atoms. The van der Waals surface area contributed by atoms with Gasteiger partial charge < -0.3 is 20.3 Å². The highest BCUT2D eigenvalue weighted by Gasteiger charge is 2.22. The molecule has 1 aliphatic rings. The third-order valence-corrected chi connectivity index (χ3v) is 3.81. The highest BCUT2D eigenvalue weighted by Crippen LogP contribution is 2.22. The summed E-state index contributed by atoms with van der Waals surface area (Å²) in [4.78, 5) is 6.96. The number of likely N-dealkylation sites (N-methyl/N-ethyl adjacent to an activating group) is 1. The molecule has 6 heteroatoms. The highest BCUT2D eigenvalue weighted by atomic mass is 127. The van der Waals surface area contributed by atoms with E-state index < -0.39 is 0 Å². The lowest BCUT2D eigenvalue weighted by atomic mass is 10.1. The van der Waals surface area contributed by atoms with E-state index in [1.165, 1.54) is 18.4 Å². The second kappa shape index (κ2) is 9.97. The first-order valence-electron chi connectivity index (χ1n) is 7.99. The summed E-state index contributed by atoms with van der Waals surface area (Å²) < 4.78 is 5.23. The molecule has 0 saturated heterocycles. The number of hydrogen-bond acceptors (Lipinski definition) is 3. The van der Waals surface area contributed by atoms with Gasteiger partial charge in [0, 0.05) is 12.6 Å². The second-order valence-corrected chi connectivity index (χ2v) is 5.89. The van der Waals surface area contributed by atoms with Crippen molar-refractivity contribution in [3.63, 3.8) is 0 Å². The molecular formula is C17H29IN4O. The van der Waals surface area contributed by atoms with Crippen LogP contribution in [0.1, 0.15) is 31.4 Å². The molecule has 0 amide bonds. The third kappa shape index (κ3) is 6.55. The van der Waals surface area contributed by atoms with Crippen LogP contribution in [0.25, 0.3) is 0 Å². The number of nitrogens with zero attached hydrogens (tertiary/aromatic N) is 2. The number of benzene rings is 1. The van der Waals surface area contributed by atoms with E-state index in [-0.39, 0.29) is 30.0 Å². The van der Waals surface area contributed by atoms with Crippen molar-refractivity contribution >= 4 is 29.9 Å². The lowest BCUT2D eigenvalue weighted by Gasteiger charge is -2.24. The molecule has 0 aliphatic heterocycles. The summed E-state index contributed by atoms with van der Waals surface area (Å²) in [6.45, 7) is 3.70. The summed E-state index contributed by atoms with van der Waals surface area (Å²) in [6.07, 6.45) is 2.50. The van der Waals surface area contributed by atoms with E-state index in [2.05, 4.69) is 48.7 Å². The molecule has 1 aliphatic carbocycles. The van der Waals surface area contributed by atoms with Gasteiger partial charge in [-0.25, -0.2) is 0 Å². The van der Waals surface area contributed by atoms with Gasteiger partial charge in [0.1, 0.15) is 5.75 Å². The molecule has 1 atom stereocenters. The minimum Gasteiger partial charge on any atom is -0.497 e. The van der Waals surface area contributed by atoms with Crippen molar-refractivity contribution in [1.82, 2.24) is 15.5 Å². The van der Waals surface area contributed by atoms with Crippen LogP contribution >= 0.6 is 24.0 Å². The van der Waals surface area contributed by atoms with Crippen LogP contribution in [0.4, 0.5) is 0 Å². The molecule has 1 aromatic carbocycles. The maximum Gasteiger partial charge on any atom is 0.191 e. The van der Waals surface area contributed by atoms with Crippen LogP contribution in [-0.4, -0.2) is 51.2 Å². The Balaban J connectivity index is 0.00000264. The van der Waals surface area contributed by atoms with Gasteiger partial charge in [-0.3, -0.25) is 4.99 Å². The van der Waals surface area contributed by atoms with Crippen LogP contribution in [0.5, 0.6) is 5.75 Å². The van der Waals surface area contributed by atoms with Crippen LogP contribution in [0.15, 0.2) is 29.3 Å². The van der Waals surface area contributed by atoms with Crippen molar-refractivity contribution in [2.75, 3.05) is 34.3 Å². The van der Waals surface area contributed by atoms with Crippen LogP contribution in [0.3, 0.4) is 0 Å². The van der Waals surface area contributed by atoms with E-state index in [1.807, 2.05) is 12.1 Å². The Morgan fingerprint density at radius 3 is 2.43 bits per heavy atom. The molecule has 0 aromatic heterocycles. The zero-order valence-electron chi connectivity index (χ0n) is 14.5. The first kappa shape index (κ1) is 20.0. The zero-order chi connectivity index (χ0) is 15.9. The van der Waals surface area contributed by atoms with E-state index in [0.29, 0.717) is 6.04 Å². The summed E-state index contributed by atoms with van der Waals surface area (Å²) in [5.74, 6) is 1.80. The van der Waals surface area contributed by atoms with Gasteiger partial charge in [-0.2, -0.15) is 0 Å². The average molecular weight is 432 g/mol. The van der Waals surface area contributed by atoms with E-state index in [9.17, 15) is 0 Å². The fourth-order valence-electron chi connectivity index (χ4n) is 2.31. The number of halogens is 1. The van der Waals surface area contributed by atoms with Crippen LogP contribution in [0, 0.1) is 0 Å². The molecule has 5 nitrogen and oxygen atoms in total. The van der Waals surface area contributed by atoms with E-state index in [0.717, 1.165) is 24.8 Å². The van der Waals surface area contributed by atoms with Crippen molar-refractivity contribution in [3.05, 3.63) is 29.8 Å². The zero-order valence-corrected chi connectivity index (χ0v) is 16.8. The first-order valence-corrected chi connectivity index (χ1v) is 7.99. The first-order chi connectivity index (χ1) is 10.6. The normalized spacial score (nSPS) is 15.8. The lowest BCUT2D eigenvalue weighted by Crippen LogP contribution is -2.39. The molecule has 0 bridgehead atoms. The van der Waals surface area contributed by atoms with Crippen LogP contribution < -0.4 is 15.4 Å². The van der Waals surface area contributed by atoms with Gasteiger partial charge >= 0.3 is 0 Å². The summed E-state index contributed by atoms with van der Waals surface area (Å²) in [5, 5.41) is 6.77. The Hall–Kier alpha value is -1.02. The number of guanidine groups is 1. The monoisotopic (exact) mass is 432 g/mol. The number of nitrogens with one attached hydrogen (secondary N) is 2. The summed E-state index contributed by atoms with van der Waals surface area (Å²) in [7, 11) is 5.87. The fourth-order valence-corrected chi connectivity index (χ4v) is 2.31. The molecule has 1 aromatic rings. The minimum atomic E-state index is 0. The molecule has 0 radical (unpaired) electrons. The smallest absolute Gasteiger partial charge is 0.191 e. The molecule has 1 saturated carbocycles. The van der Waals surface area contributed by atoms with Crippen molar-refractivity contribution in [3.8, 4) is 5.75 Å². The van der Waals surface area contributed by atoms with Gasteiger partial charge in [0.2, 0.25) is 0 Å².